The van der Waals surface area contributed by atoms with Crippen LogP contribution in [0.1, 0.15) is 23.7 Å². The number of fused-ring (bicyclic) bond motifs is 1. The number of piperazine rings is 1. The number of rotatable bonds is 4. The zero-order valence-corrected chi connectivity index (χ0v) is 15.7. The summed E-state index contributed by atoms with van der Waals surface area (Å²) in [6.07, 6.45) is 2.70. The molecular formula is C20H25F2N5. The summed E-state index contributed by atoms with van der Waals surface area (Å²) in [5.41, 5.74) is 2.55. The van der Waals surface area contributed by atoms with Gasteiger partial charge in [0.05, 0.1) is 5.69 Å². The Balaban J connectivity index is 1.43. The van der Waals surface area contributed by atoms with E-state index in [4.69, 9.17) is 4.98 Å². The number of likely N-dealkylation sites (N-methyl/N-ethyl adjacent to an activating group) is 1. The molecule has 0 atom stereocenters. The van der Waals surface area contributed by atoms with Gasteiger partial charge in [0, 0.05) is 69.6 Å². The first-order valence-corrected chi connectivity index (χ1v) is 9.61. The molecule has 1 saturated heterocycles. The van der Waals surface area contributed by atoms with Crippen molar-refractivity contribution < 1.29 is 8.78 Å². The van der Waals surface area contributed by atoms with Crippen molar-refractivity contribution in [3.63, 3.8) is 0 Å². The van der Waals surface area contributed by atoms with Crippen LogP contribution in [0, 0.1) is 11.6 Å². The normalized spacial score (nSPS) is 18.6. The van der Waals surface area contributed by atoms with Gasteiger partial charge in [0.1, 0.15) is 0 Å². The summed E-state index contributed by atoms with van der Waals surface area (Å²) in [6, 6.07) is 4.35. The Bertz CT molecular complexity index is 805. The van der Waals surface area contributed by atoms with Crippen LogP contribution in [0.5, 0.6) is 0 Å². The molecule has 2 aliphatic heterocycles. The lowest BCUT2D eigenvalue weighted by molar-refractivity contribution is 0.238. The smallest absolute Gasteiger partial charge is 0.225 e. The molecule has 3 heterocycles. The summed E-state index contributed by atoms with van der Waals surface area (Å²) >= 11 is 0. The number of aromatic nitrogens is 2. The number of benzene rings is 1. The fourth-order valence-corrected chi connectivity index (χ4v) is 3.83. The summed E-state index contributed by atoms with van der Waals surface area (Å²) in [5.74, 6) is -0.726. The molecule has 1 aromatic carbocycles. The number of nitrogens with zero attached hydrogens (tertiary/aromatic N) is 5. The molecule has 0 saturated carbocycles. The number of halogens is 2. The Hall–Kier alpha value is -2.12. The molecule has 1 fully saturated rings. The highest BCUT2D eigenvalue weighted by atomic mass is 19.2. The van der Waals surface area contributed by atoms with Gasteiger partial charge in [0.15, 0.2) is 11.6 Å². The van der Waals surface area contributed by atoms with Crippen molar-refractivity contribution in [1.29, 1.82) is 0 Å². The zero-order chi connectivity index (χ0) is 18.8. The SMILES string of the molecule is CCN1CCN(c2ncc3c(n2)CCN(Cc2cccc(F)c2F)C3)CC1. The van der Waals surface area contributed by atoms with Crippen LogP contribution in [0.2, 0.25) is 0 Å². The van der Waals surface area contributed by atoms with Crippen LogP contribution in [-0.2, 0) is 19.5 Å². The van der Waals surface area contributed by atoms with Gasteiger partial charge >= 0.3 is 0 Å². The largest absolute Gasteiger partial charge is 0.338 e. The van der Waals surface area contributed by atoms with Gasteiger partial charge < -0.3 is 9.80 Å². The average molecular weight is 373 g/mol. The second-order valence-electron chi connectivity index (χ2n) is 7.24. The topological polar surface area (TPSA) is 35.5 Å². The summed E-state index contributed by atoms with van der Waals surface area (Å²) in [7, 11) is 0. The highest BCUT2D eigenvalue weighted by molar-refractivity contribution is 5.35. The van der Waals surface area contributed by atoms with Crippen molar-refractivity contribution in [1.82, 2.24) is 19.8 Å². The van der Waals surface area contributed by atoms with Crippen LogP contribution >= 0.6 is 0 Å². The van der Waals surface area contributed by atoms with Gasteiger partial charge in [-0.15, -0.1) is 0 Å². The van der Waals surface area contributed by atoms with Crippen molar-refractivity contribution in [3.8, 4) is 0 Å². The van der Waals surface area contributed by atoms with Gasteiger partial charge in [-0.2, -0.15) is 0 Å². The van der Waals surface area contributed by atoms with Crippen molar-refractivity contribution in [2.75, 3.05) is 44.2 Å². The van der Waals surface area contributed by atoms with Crippen LogP contribution in [0.15, 0.2) is 24.4 Å². The first-order chi connectivity index (χ1) is 13.1. The Kier molecular flexibility index (Phi) is 5.31. The molecule has 7 heteroatoms. The van der Waals surface area contributed by atoms with Crippen molar-refractivity contribution >= 4 is 5.95 Å². The van der Waals surface area contributed by atoms with E-state index in [0.29, 0.717) is 18.7 Å². The van der Waals surface area contributed by atoms with Crippen LogP contribution in [0.25, 0.3) is 0 Å². The van der Waals surface area contributed by atoms with Crippen molar-refractivity contribution in [3.05, 3.63) is 52.9 Å². The van der Waals surface area contributed by atoms with E-state index in [1.54, 1.807) is 12.1 Å². The first kappa shape index (κ1) is 18.3. The average Bonchev–Trinajstić information content (AvgIpc) is 2.71. The molecule has 0 aliphatic carbocycles. The van der Waals surface area contributed by atoms with Crippen LogP contribution in [0.3, 0.4) is 0 Å². The molecule has 0 bridgehead atoms. The minimum atomic E-state index is -0.791. The summed E-state index contributed by atoms with van der Waals surface area (Å²) in [4.78, 5) is 16.2. The van der Waals surface area contributed by atoms with E-state index < -0.39 is 11.6 Å². The maximum absolute atomic E-state index is 13.9. The van der Waals surface area contributed by atoms with E-state index >= 15 is 0 Å². The van der Waals surface area contributed by atoms with Gasteiger partial charge in [0.25, 0.3) is 0 Å². The van der Waals surface area contributed by atoms with E-state index in [2.05, 4.69) is 26.6 Å². The monoisotopic (exact) mass is 373 g/mol. The van der Waals surface area contributed by atoms with E-state index in [0.717, 1.165) is 69.0 Å². The molecule has 1 aromatic heterocycles. The second-order valence-corrected chi connectivity index (χ2v) is 7.24. The Morgan fingerprint density at radius 3 is 2.63 bits per heavy atom. The molecule has 2 aliphatic rings. The van der Waals surface area contributed by atoms with E-state index in [-0.39, 0.29) is 0 Å². The van der Waals surface area contributed by atoms with Crippen molar-refractivity contribution in [2.24, 2.45) is 0 Å². The molecule has 4 rings (SSSR count). The molecule has 5 nitrogen and oxygen atoms in total. The molecule has 0 spiro atoms. The van der Waals surface area contributed by atoms with E-state index in [9.17, 15) is 8.78 Å². The highest BCUT2D eigenvalue weighted by Crippen LogP contribution is 2.22. The van der Waals surface area contributed by atoms with E-state index in [1.165, 1.54) is 0 Å². The first-order valence-electron chi connectivity index (χ1n) is 9.61. The Labute approximate surface area is 158 Å². The summed E-state index contributed by atoms with van der Waals surface area (Å²) in [6.45, 7) is 9.11. The molecule has 0 amide bonds. The quantitative estimate of drug-likeness (QED) is 0.823. The van der Waals surface area contributed by atoms with Crippen LogP contribution < -0.4 is 4.90 Å². The zero-order valence-electron chi connectivity index (χ0n) is 15.7. The summed E-state index contributed by atoms with van der Waals surface area (Å²) < 4.78 is 27.3. The molecule has 0 N–H and O–H groups in total. The standard InChI is InChI=1S/C20H25F2N5/c1-2-25-8-10-27(11-9-25)20-23-12-16-14-26(7-6-18(16)24-20)13-15-4-3-5-17(21)19(15)22/h3-5,12H,2,6-11,13-14H2,1H3. The molecule has 144 valence electrons. The molecule has 0 radical (unpaired) electrons. The third kappa shape index (κ3) is 3.94. The van der Waals surface area contributed by atoms with E-state index in [1.807, 2.05) is 6.20 Å². The second kappa shape index (κ2) is 7.86. The Morgan fingerprint density at radius 1 is 1.04 bits per heavy atom. The fourth-order valence-electron chi connectivity index (χ4n) is 3.83. The predicted molar refractivity (Wildman–Crippen MR) is 101 cm³/mol. The molecule has 2 aromatic rings. The third-order valence-electron chi connectivity index (χ3n) is 5.53. The minimum absolute atomic E-state index is 0.393. The number of hydrogen-bond donors (Lipinski definition) is 0. The lowest BCUT2D eigenvalue weighted by atomic mass is 10.1. The van der Waals surface area contributed by atoms with Gasteiger partial charge in [0.2, 0.25) is 5.95 Å². The predicted octanol–water partition coefficient (Wildman–Crippen LogP) is 2.46. The van der Waals surface area contributed by atoms with Crippen LogP contribution in [0.4, 0.5) is 14.7 Å². The highest BCUT2D eigenvalue weighted by Gasteiger charge is 2.23. The maximum atomic E-state index is 13.9. The maximum Gasteiger partial charge on any atom is 0.225 e. The molecule has 27 heavy (non-hydrogen) atoms. The minimum Gasteiger partial charge on any atom is -0.338 e. The molecule has 0 unspecified atom stereocenters. The molecular weight excluding hydrogens is 348 g/mol. The van der Waals surface area contributed by atoms with Crippen LogP contribution in [-0.4, -0.2) is 59.0 Å². The fraction of sp³-hybridized carbons (Fsp3) is 0.500. The van der Waals surface area contributed by atoms with Gasteiger partial charge in [-0.25, -0.2) is 18.7 Å². The number of hydrogen-bond acceptors (Lipinski definition) is 5. The lowest BCUT2D eigenvalue weighted by Gasteiger charge is -2.35. The Morgan fingerprint density at radius 2 is 1.85 bits per heavy atom. The van der Waals surface area contributed by atoms with Gasteiger partial charge in [-0.3, -0.25) is 4.90 Å². The van der Waals surface area contributed by atoms with Gasteiger partial charge in [-0.1, -0.05) is 19.1 Å². The van der Waals surface area contributed by atoms with Crippen molar-refractivity contribution in [2.45, 2.75) is 26.4 Å². The third-order valence-corrected chi connectivity index (χ3v) is 5.53. The summed E-state index contributed by atoms with van der Waals surface area (Å²) in [5, 5.41) is 0. The van der Waals surface area contributed by atoms with Gasteiger partial charge in [-0.05, 0) is 12.6 Å². The lowest BCUT2D eigenvalue weighted by Crippen LogP contribution is -2.47. The number of anilines is 1.